The van der Waals surface area contributed by atoms with Crippen LogP contribution in [0.4, 0.5) is 0 Å². The van der Waals surface area contributed by atoms with E-state index in [9.17, 15) is 0 Å². The van der Waals surface area contributed by atoms with Gasteiger partial charge in [0.15, 0.2) is 5.82 Å². The van der Waals surface area contributed by atoms with Crippen LogP contribution in [0.15, 0.2) is 60.1 Å². The number of thiazole rings is 1. The first-order valence-corrected chi connectivity index (χ1v) is 11.3. The molecule has 4 nitrogen and oxygen atoms in total. The third kappa shape index (κ3) is 4.25. The number of rotatable bonds is 4. The fourth-order valence-electron chi connectivity index (χ4n) is 3.58. The Labute approximate surface area is 189 Å². The summed E-state index contributed by atoms with van der Waals surface area (Å²) >= 11 is 13.6. The molecule has 4 aromatic rings. The second kappa shape index (κ2) is 8.44. The molecule has 0 aliphatic carbocycles. The molecule has 0 saturated heterocycles. The minimum atomic E-state index is 0.716. The number of fused-ring (bicyclic) bond motifs is 1. The van der Waals surface area contributed by atoms with Crippen LogP contribution in [0.3, 0.4) is 0 Å². The van der Waals surface area contributed by atoms with Crippen LogP contribution in [0.2, 0.25) is 10.0 Å². The Morgan fingerprint density at radius 1 is 0.900 bits per heavy atom. The largest absolute Gasteiger partial charge is 0.293 e. The van der Waals surface area contributed by atoms with E-state index in [1.807, 2.05) is 54.7 Å². The average molecular weight is 453 g/mol. The molecule has 1 aliphatic rings. The van der Waals surface area contributed by atoms with Gasteiger partial charge in [0, 0.05) is 64.4 Å². The van der Waals surface area contributed by atoms with E-state index in [2.05, 4.69) is 15.3 Å². The number of hydrogen-bond acceptors (Lipinski definition) is 5. The molecule has 150 valence electrons. The fourth-order valence-corrected chi connectivity index (χ4v) is 4.65. The number of aromatic nitrogens is 3. The maximum absolute atomic E-state index is 5.99. The Hall–Kier alpha value is -2.31. The standard InChI is InChI=1S/C23H18Cl2N4S/c24-18-5-1-15(2-6-18)22-26-11-17-12-29(10-9-21(17)28-22)13-20-14-30-23(27-20)16-3-7-19(25)8-4-16/h1-8,11,14H,9-10,12-13H2. The first-order chi connectivity index (χ1) is 14.6. The summed E-state index contributed by atoms with van der Waals surface area (Å²) in [5.41, 5.74) is 5.50. The van der Waals surface area contributed by atoms with E-state index < -0.39 is 0 Å². The van der Waals surface area contributed by atoms with Crippen molar-refractivity contribution < 1.29 is 0 Å². The molecule has 0 amide bonds. The molecular formula is C23H18Cl2N4S. The monoisotopic (exact) mass is 452 g/mol. The molecule has 0 unspecified atom stereocenters. The zero-order valence-electron chi connectivity index (χ0n) is 16.1. The van der Waals surface area contributed by atoms with Crippen LogP contribution in [-0.2, 0) is 19.5 Å². The molecule has 0 bridgehead atoms. The van der Waals surface area contributed by atoms with Gasteiger partial charge in [0.05, 0.1) is 11.4 Å². The van der Waals surface area contributed by atoms with Gasteiger partial charge in [-0.05, 0) is 36.4 Å². The minimum absolute atomic E-state index is 0.716. The SMILES string of the molecule is Clc1ccc(-c2ncc3c(n2)CCN(Cc2csc(-c4ccc(Cl)cc4)n2)C3)cc1. The van der Waals surface area contributed by atoms with Gasteiger partial charge in [-0.25, -0.2) is 15.0 Å². The molecule has 7 heteroatoms. The van der Waals surface area contributed by atoms with Crippen molar-refractivity contribution >= 4 is 34.5 Å². The van der Waals surface area contributed by atoms with Crippen molar-refractivity contribution in [2.45, 2.75) is 19.5 Å². The Morgan fingerprint density at radius 2 is 1.60 bits per heavy atom. The Bertz CT molecular complexity index is 1170. The fraction of sp³-hybridized carbons (Fsp3) is 0.174. The number of halogens is 2. The lowest BCUT2D eigenvalue weighted by Gasteiger charge is -2.27. The molecule has 0 fully saturated rings. The van der Waals surface area contributed by atoms with E-state index in [-0.39, 0.29) is 0 Å². The van der Waals surface area contributed by atoms with E-state index in [0.717, 1.165) is 64.4 Å². The highest BCUT2D eigenvalue weighted by Crippen LogP contribution is 2.27. The van der Waals surface area contributed by atoms with Gasteiger partial charge in [0.1, 0.15) is 5.01 Å². The Morgan fingerprint density at radius 3 is 2.33 bits per heavy atom. The first kappa shape index (κ1) is 19.6. The predicted molar refractivity (Wildman–Crippen MR) is 123 cm³/mol. The third-order valence-corrected chi connectivity index (χ3v) is 6.59. The lowest BCUT2D eigenvalue weighted by molar-refractivity contribution is 0.240. The van der Waals surface area contributed by atoms with Crippen molar-refractivity contribution in [3.8, 4) is 22.0 Å². The summed E-state index contributed by atoms with van der Waals surface area (Å²) in [4.78, 5) is 16.6. The van der Waals surface area contributed by atoms with Gasteiger partial charge in [-0.15, -0.1) is 11.3 Å². The lowest BCUT2D eigenvalue weighted by atomic mass is 10.1. The second-order valence-corrected chi connectivity index (χ2v) is 9.01. The summed E-state index contributed by atoms with van der Waals surface area (Å²) < 4.78 is 0. The Balaban J connectivity index is 1.28. The summed E-state index contributed by atoms with van der Waals surface area (Å²) in [6.45, 7) is 2.62. The maximum atomic E-state index is 5.99. The highest BCUT2D eigenvalue weighted by molar-refractivity contribution is 7.13. The van der Waals surface area contributed by atoms with Crippen molar-refractivity contribution in [2.24, 2.45) is 0 Å². The molecule has 0 radical (unpaired) electrons. The molecule has 0 spiro atoms. The summed E-state index contributed by atoms with van der Waals surface area (Å²) in [6, 6.07) is 15.5. The van der Waals surface area contributed by atoms with Crippen LogP contribution in [0.1, 0.15) is 17.0 Å². The van der Waals surface area contributed by atoms with Gasteiger partial charge in [0.2, 0.25) is 0 Å². The van der Waals surface area contributed by atoms with E-state index >= 15 is 0 Å². The van der Waals surface area contributed by atoms with Crippen LogP contribution in [0, 0.1) is 0 Å². The van der Waals surface area contributed by atoms with Crippen LogP contribution >= 0.6 is 34.5 Å². The van der Waals surface area contributed by atoms with Crippen LogP contribution in [0.5, 0.6) is 0 Å². The van der Waals surface area contributed by atoms with Crippen LogP contribution in [-0.4, -0.2) is 26.4 Å². The van der Waals surface area contributed by atoms with E-state index in [1.165, 1.54) is 5.56 Å². The third-order valence-electron chi connectivity index (χ3n) is 5.14. The normalized spacial score (nSPS) is 13.9. The van der Waals surface area contributed by atoms with E-state index in [4.69, 9.17) is 33.2 Å². The molecule has 0 saturated carbocycles. The molecule has 0 N–H and O–H groups in total. The van der Waals surface area contributed by atoms with Crippen molar-refractivity contribution in [1.29, 1.82) is 0 Å². The lowest BCUT2D eigenvalue weighted by Crippen LogP contribution is -2.31. The van der Waals surface area contributed by atoms with Gasteiger partial charge in [-0.3, -0.25) is 4.90 Å². The number of nitrogens with zero attached hydrogens (tertiary/aromatic N) is 4. The van der Waals surface area contributed by atoms with Crippen molar-refractivity contribution in [2.75, 3.05) is 6.54 Å². The number of hydrogen-bond donors (Lipinski definition) is 0. The average Bonchev–Trinajstić information content (AvgIpc) is 3.23. The van der Waals surface area contributed by atoms with Crippen molar-refractivity contribution in [1.82, 2.24) is 19.9 Å². The van der Waals surface area contributed by atoms with Gasteiger partial charge in [-0.1, -0.05) is 35.3 Å². The van der Waals surface area contributed by atoms with Crippen molar-refractivity contribution in [3.05, 3.63) is 87.1 Å². The first-order valence-electron chi connectivity index (χ1n) is 9.67. The quantitative estimate of drug-likeness (QED) is 0.373. The predicted octanol–water partition coefficient (Wildman–Crippen LogP) is 6.13. The summed E-state index contributed by atoms with van der Waals surface area (Å²) in [6.07, 6.45) is 2.87. The molecule has 30 heavy (non-hydrogen) atoms. The molecule has 0 atom stereocenters. The summed E-state index contributed by atoms with van der Waals surface area (Å²) in [5.74, 6) is 0.756. The zero-order chi connectivity index (χ0) is 20.5. The Kier molecular flexibility index (Phi) is 5.52. The van der Waals surface area contributed by atoms with Crippen molar-refractivity contribution in [3.63, 3.8) is 0 Å². The maximum Gasteiger partial charge on any atom is 0.159 e. The zero-order valence-corrected chi connectivity index (χ0v) is 18.4. The van der Waals surface area contributed by atoms with E-state index in [0.29, 0.717) is 5.02 Å². The van der Waals surface area contributed by atoms with Gasteiger partial charge in [-0.2, -0.15) is 0 Å². The molecular weight excluding hydrogens is 435 g/mol. The van der Waals surface area contributed by atoms with Crippen LogP contribution < -0.4 is 0 Å². The van der Waals surface area contributed by atoms with Gasteiger partial charge >= 0.3 is 0 Å². The van der Waals surface area contributed by atoms with E-state index in [1.54, 1.807) is 11.3 Å². The summed E-state index contributed by atoms with van der Waals surface area (Å²) in [5, 5.41) is 4.62. The van der Waals surface area contributed by atoms with Crippen LogP contribution in [0.25, 0.3) is 22.0 Å². The second-order valence-electron chi connectivity index (χ2n) is 7.28. The molecule has 5 rings (SSSR count). The van der Waals surface area contributed by atoms with Gasteiger partial charge < -0.3 is 0 Å². The molecule has 1 aliphatic heterocycles. The van der Waals surface area contributed by atoms with Gasteiger partial charge in [0.25, 0.3) is 0 Å². The topological polar surface area (TPSA) is 41.9 Å². The minimum Gasteiger partial charge on any atom is -0.293 e. The highest BCUT2D eigenvalue weighted by atomic mass is 35.5. The molecule has 2 aromatic heterocycles. The molecule has 3 heterocycles. The highest BCUT2D eigenvalue weighted by Gasteiger charge is 2.20. The smallest absolute Gasteiger partial charge is 0.159 e. The summed E-state index contributed by atoms with van der Waals surface area (Å²) in [7, 11) is 0. The molecule has 2 aromatic carbocycles. The number of benzene rings is 2.